The molecule has 0 fully saturated rings. The molecule has 0 bridgehead atoms. The average Bonchev–Trinajstić information content (AvgIpc) is 2.45. The highest BCUT2D eigenvalue weighted by Crippen LogP contribution is 2.25. The second kappa shape index (κ2) is 6.20. The Morgan fingerprint density at radius 1 is 1.11 bits per heavy atom. The van der Waals surface area contributed by atoms with Crippen molar-refractivity contribution in [1.29, 1.82) is 0 Å². The van der Waals surface area contributed by atoms with Crippen molar-refractivity contribution in [3.8, 4) is 5.75 Å². The third-order valence-corrected chi connectivity index (χ3v) is 2.83. The van der Waals surface area contributed by atoms with Gasteiger partial charge in [-0.15, -0.1) is 11.6 Å². The minimum atomic E-state index is -0.671. The monoisotopic (exact) mass is 277 g/mol. The predicted octanol–water partition coefficient (Wildman–Crippen LogP) is 2.74. The molecule has 1 N–H and O–H groups in total. The van der Waals surface area contributed by atoms with Crippen LogP contribution < -0.4 is 10.1 Å². The van der Waals surface area contributed by atoms with Gasteiger partial charge in [0.25, 0.3) is 0 Å². The number of hydrogen-bond donors (Lipinski definition) is 1. The van der Waals surface area contributed by atoms with Gasteiger partial charge in [0.1, 0.15) is 5.75 Å². The zero-order chi connectivity index (χ0) is 13.7. The largest absolute Gasteiger partial charge is 0.412 e. The molecule has 0 saturated heterocycles. The normalized spacial score (nSPS) is 10.2. The molecule has 0 saturated carbocycles. The Morgan fingerprint density at radius 3 is 2.63 bits per heavy atom. The highest BCUT2D eigenvalue weighted by atomic mass is 35.5. The van der Waals surface area contributed by atoms with Crippen LogP contribution in [0, 0.1) is 0 Å². The van der Waals surface area contributed by atoms with E-state index in [-0.39, 0.29) is 18.2 Å². The minimum Gasteiger partial charge on any atom is -0.410 e. The molecule has 5 heteroatoms. The second-order valence-electron chi connectivity index (χ2n) is 3.89. The maximum Gasteiger partial charge on any atom is 0.412 e. The summed E-state index contributed by atoms with van der Waals surface area (Å²) in [5.41, 5.74) is 0. The second-order valence-corrected chi connectivity index (χ2v) is 4.16. The summed E-state index contributed by atoms with van der Waals surface area (Å²) in [6.07, 6.45) is -0.671. The van der Waals surface area contributed by atoms with E-state index < -0.39 is 6.09 Å². The van der Waals surface area contributed by atoms with E-state index in [1.165, 1.54) is 0 Å². The maximum absolute atomic E-state index is 11.5. The van der Waals surface area contributed by atoms with Crippen LogP contribution in [0.5, 0.6) is 5.75 Å². The fourth-order valence-electron chi connectivity index (χ4n) is 1.64. The molecular weight excluding hydrogens is 266 g/mol. The van der Waals surface area contributed by atoms with Crippen LogP contribution in [0.4, 0.5) is 4.79 Å². The van der Waals surface area contributed by atoms with Crippen molar-refractivity contribution < 1.29 is 14.3 Å². The van der Waals surface area contributed by atoms with Crippen molar-refractivity contribution in [3.63, 3.8) is 0 Å². The molecular formula is C14H12ClNO3. The number of ketones is 1. The van der Waals surface area contributed by atoms with Crippen molar-refractivity contribution in [3.05, 3.63) is 42.5 Å². The Morgan fingerprint density at radius 2 is 1.84 bits per heavy atom. The molecule has 0 radical (unpaired) electrons. The number of carbonyl (C=O) groups is 2. The third kappa shape index (κ3) is 3.45. The SMILES string of the molecule is O=C(CCl)CNC(=O)Oc1cccc2ccccc12. The maximum atomic E-state index is 11.5. The molecule has 2 aromatic rings. The van der Waals surface area contributed by atoms with Gasteiger partial charge in [0.2, 0.25) is 0 Å². The molecule has 0 unspecified atom stereocenters. The van der Waals surface area contributed by atoms with Gasteiger partial charge in [0, 0.05) is 5.39 Å². The summed E-state index contributed by atoms with van der Waals surface area (Å²) >= 11 is 5.33. The van der Waals surface area contributed by atoms with Gasteiger partial charge in [-0.2, -0.15) is 0 Å². The Kier molecular flexibility index (Phi) is 4.36. The molecule has 0 aromatic heterocycles. The fraction of sp³-hybridized carbons (Fsp3) is 0.143. The van der Waals surface area contributed by atoms with Crippen LogP contribution in [0.3, 0.4) is 0 Å². The quantitative estimate of drug-likeness (QED) is 0.874. The number of ether oxygens (including phenoxy) is 1. The van der Waals surface area contributed by atoms with Crippen LogP contribution in [0.1, 0.15) is 0 Å². The molecule has 2 aromatic carbocycles. The van der Waals surface area contributed by atoms with Crippen molar-refractivity contribution in [1.82, 2.24) is 5.32 Å². The van der Waals surface area contributed by atoms with Crippen LogP contribution in [-0.4, -0.2) is 24.3 Å². The summed E-state index contributed by atoms with van der Waals surface area (Å²) in [4.78, 5) is 22.5. The highest BCUT2D eigenvalue weighted by molar-refractivity contribution is 6.28. The van der Waals surface area contributed by atoms with Crippen LogP contribution in [0.2, 0.25) is 0 Å². The van der Waals surface area contributed by atoms with Gasteiger partial charge < -0.3 is 10.1 Å². The lowest BCUT2D eigenvalue weighted by Crippen LogP contribution is -2.32. The lowest BCUT2D eigenvalue weighted by atomic mass is 10.1. The number of amides is 1. The Bertz CT molecular complexity index is 607. The number of halogens is 1. The van der Waals surface area contributed by atoms with Crippen LogP contribution >= 0.6 is 11.6 Å². The first-order chi connectivity index (χ1) is 9.20. The molecule has 0 aliphatic heterocycles. The zero-order valence-corrected chi connectivity index (χ0v) is 10.8. The van der Waals surface area contributed by atoms with Crippen molar-refractivity contribution in [2.24, 2.45) is 0 Å². The van der Waals surface area contributed by atoms with Crippen LogP contribution in [-0.2, 0) is 4.79 Å². The van der Waals surface area contributed by atoms with Gasteiger partial charge in [-0.25, -0.2) is 4.79 Å². The number of alkyl halides is 1. The molecule has 0 heterocycles. The standard InChI is InChI=1S/C14H12ClNO3/c15-8-11(17)9-16-14(18)19-13-7-3-5-10-4-1-2-6-12(10)13/h1-7H,8-9H2,(H,16,18). The van der Waals surface area contributed by atoms with E-state index in [9.17, 15) is 9.59 Å². The van der Waals surface area contributed by atoms with Crippen molar-refractivity contribution >= 4 is 34.2 Å². The number of fused-ring (bicyclic) bond motifs is 1. The van der Waals surface area contributed by atoms with Crippen molar-refractivity contribution in [2.45, 2.75) is 0 Å². The van der Waals surface area contributed by atoms with E-state index in [1.54, 1.807) is 12.1 Å². The number of Topliss-reactive ketones (excluding diaryl/α,β-unsaturated/α-hetero) is 1. The number of nitrogens with one attached hydrogen (secondary N) is 1. The summed E-state index contributed by atoms with van der Waals surface area (Å²) in [7, 11) is 0. The number of benzene rings is 2. The molecule has 2 rings (SSSR count). The van der Waals surface area contributed by atoms with E-state index in [0.29, 0.717) is 5.75 Å². The topological polar surface area (TPSA) is 55.4 Å². The van der Waals surface area contributed by atoms with E-state index in [1.807, 2.05) is 30.3 Å². The summed E-state index contributed by atoms with van der Waals surface area (Å²) in [6.45, 7) is -0.132. The molecule has 0 spiro atoms. The first-order valence-corrected chi connectivity index (χ1v) is 6.25. The van der Waals surface area contributed by atoms with Gasteiger partial charge in [-0.05, 0) is 11.5 Å². The van der Waals surface area contributed by atoms with E-state index in [0.717, 1.165) is 10.8 Å². The Labute approximate surface area is 115 Å². The van der Waals surface area contributed by atoms with Crippen LogP contribution in [0.15, 0.2) is 42.5 Å². The molecule has 0 aliphatic rings. The van der Waals surface area contributed by atoms with Crippen molar-refractivity contribution in [2.75, 3.05) is 12.4 Å². The van der Waals surface area contributed by atoms with E-state index >= 15 is 0 Å². The van der Waals surface area contributed by atoms with Gasteiger partial charge in [-0.3, -0.25) is 4.79 Å². The summed E-state index contributed by atoms with van der Waals surface area (Å²) < 4.78 is 5.18. The van der Waals surface area contributed by atoms with Crippen LogP contribution in [0.25, 0.3) is 10.8 Å². The number of carbonyl (C=O) groups excluding carboxylic acids is 2. The Hall–Kier alpha value is -2.07. The summed E-state index contributed by atoms with van der Waals surface area (Å²) in [6, 6.07) is 13.0. The third-order valence-electron chi connectivity index (χ3n) is 2.53. The first-order valence-electron chi connectivity index (χ1n) is 5.72. The smallest absolute Gasteiger partial charge is 0.410 e. The molecule has 0 atom stereocenters. The zero-order valence-electron chi connectivity index (χ0n) is 10.1. The van der Waals surface area contributed by atoms with Gasteiger partial charge in [0.15, 0.2) is 5.78 Å². The lowest BCUT2D eigenvalue weighted by Gasteiger charge is -2.08. The summed E-state index contributed by atoms with van der Waals surface area (Å²) in [5, 5.41) is 4.16. The molecule has 4 nitrogen and oxygen atoms in total. The molecule has 0 aliphatic carbocycles. The van der Waals surface area contributed by atoms with E-state index in [4.69, 9.17) is 16.3 Å². The fourth-order valence-corrected chi connectivity index (χ4v) is 1.73. The Balaban J connectivity index is 2.09. The van der Waals surface area contributed by atoms with Gasteiger partial charge in [-0.1, -0.05) is 36.4 Å². The summed E-state index contributed by atoms with van der Waals surface area (Å²) in [5.74, 6) is 0.0552. The van der Waals surface area contributed by atoms with Gasteiger partial charge >= 0.3 is 6.09 Å². The molecule has 1 amide bonds. The predicted molar refractivity (Wildman–Crippen MR) is 73.7 cm³/mol. The average molecular weight is 278 g/mol. The number of rotatable bonds is 4. The van der Waals surface area contributed by atoms with Gasteiger partial charge in [0.05, 0.1) is 12.4 Å². The van der Waals surface area contributed by atoms with E-state index in [2.05, 4.69) is 5.32 Å². The molecule has 98 valence electrons. The first kappa shape index (κ1) is 13.4. The molecule has 19 heavy (non-hydrogen) atoms. The number of hydrogen-bond acceptors (Lipinski definition) is 3. The highest BCUT2D eigenvalue weighted by Gasteiger charge is 2.08. The minimum absolute atomic E-state index is 0.130. The lowest BCUT2D eigenvalue weighted by molar-refractivity contribution is -0.115.